The molecular formula is C10H18N2O4S. The highest BCUT2D eigenvalue weighted by Crippen LogP contribution is 2.26. The molecule has 17 heavy (non-hydrogen) atoms. The standard InChI is InChI=1S/C10H18N2O4S/c1-7-4-8(10(13)14)6-12(5-7)17(15,16)11-9-2-3-9/h7-9,11H,2-6H2,1H3,(H,13,14). The van der Waals surface area contributed by atoms with E-state index in [1.807, 2.05) is 6.92 Å². The molecule has 2 atom stereocenters. The van der Waals surface area contributed by atoms with Crippen molar-refractivity contribution in [2.75, 3.05) is 13.1 Å². The Hall–Kier alpha value is -0.660. The van der Waals surface area contributed by atoms with Gasteiger partial charge in [-0.1, -0.05) is 6.92 Å². The highest BCUT2D eigenvalue weighted by atomic mass is 32.2. The summed E-state index contributed by atoms with van der Waals surface area (Å²) in [5, 5.41) is 8.99. The average Bonchev–Trinajstić information content (AvgIpc) is 3.00. The highest BCUT2D eigenvalue weighted by Gasteiger charge is 2.37. The number of carboxylic acids is 1. The van der Waals surface area contributed by atoms with Gasteiger partial charge in [0, 0.05) is 19.1 Å². The minimum atomic E-state index is -3.50. The third kappa shape index (κ3) is 3.17. The molecule has 0 aromatic rings. The second kappa shape index (κ2) is 4.55. The number of piperidine rings is 1. The molecule has 1 saturated heterocycles. The summed E-state index contributed by atoms with van der Waals surface area (Å²) >= 11 is 0. The van der Waals surface area contributed by atoms with Crippen molar-refractivity contribution in [3.05, 3.63) is 0 Å². The quantitative estimate of drug-likeness (QED) is 0.748. The van der Waals surface area contributed by atoms with Gasteiger partial charge in [-0.05, 0) is 25.2 Å². The molecular weight excluding hydrogens is 244 g/mol. The average molecular weight is 262 g/mol. The maximum atomic E-state index is 12.0. The molecule has 1 aliphatic heterocycles. The van der Waals surface area contributed by atoms with Gasteiger partial charge in [0.15, 0.2) is 0 Å². The van der Waals surface area contributed by atoms with Crippen LogP contribution in [0.25, 0.3) is 0 Å². The number of carboxylic acid groups (broad SMARTS) is 1. The van der Waals surface area contributed by atoms with Crippen molar-refractivity contribution < 1.29 is 18.3 Å². The lowest BCUT2D eigenvalue weighted by Crippen LogP contribution is -2.50. The molecule has 0 bridgehead atoms. The summed E-state index contributed by atoms with van der Waals surface area (Å²) in [5.74, 6) is -1.42. The van der Waals surface area contributed by atoms with Gasteiger partial charge in [0.05, 0.1) is 5.92 Å². The Kier molecular flexibility index (Phi) is 3.42. The van der Waals surface area contributed by atoms with Crippen LogP contribution >= 0.6 is 0 Å². The summed E-state index contributed by atoms with van der Waals surface area (Å²) in [7, 11) is -3.50. The van der Waals surface area contributed by atoms with Crippen LogP contribution in [0.2, 0.25) is 0 Å². The predicted molar refractivity (Wildman–Crippen MR) is 61.6 cm³/mol. The van der Waals surface area contributed by atoms with E-state index < -0.39 is 22.1 Å². The Morgan fingerprint density at radius 1 is 1.35 bits per heavy atom. The van der Waals surface area contributed by atoms with E-state index in [2.05, 4.69) is 4.72 Å². The molecule has 1 heterocycles. The van der Waals surface area contributed by atoms with Crippen molar-refractivity contribution in [3.63, 3.8) is 0 Å². The van der Waals surface area contributed by atoms with E-state index in [0.29, 0.717) is 13.0 Å². The summed E-state index contributed by atoms with van der Waals surface area (Å²) in [6.07, 6.45) is 2.31. The van der Waals surface area contributed by atoms with Crippen LogP contribution in [-0.2, 0) is 15.0 Å². The van der Waals surface area contributed by atoms with Gasteiger partial charge < -0.3 is 5.11 Å². The van der Waals surface area contributed by atoms with Crippen LogP contribution in [0.15, 0.2) is 0 Å². The second-order valence-electron chi connectivity index (χ2n) is 5.09. The summed E-state index contributed by atoms with van der Waals surface area (Å²) in [5.41, 5.74) is 0. The van der Waals surface area contributed by atoms with Crippen molar-refractivity contribution in [3.8, 4) is 0 Å². The Morgan fingerprint density at radius 2 is 2.00 bits per heavy atom. The Labute approximate surface area is 101 Å². The van der Waals surface area contributed by atoms with E-state index in [9.17, 15) is 13.2 Å². The van der Waals surface area contributed by atoms with Crippen molar-refractivity contribution in [1.82, 2.24) is 9.03 Å². The predicted octanol–water partition coefficient (Wildman–Crippen LogP) is 0.0258. The summed E-state index contributed by atoms with van der Waals surface area (Å²) in [6.45, 7) is 2.38. The van der Waals surface area contributed by atoms with Gasteiger partial charge in [-0.15, -0.1) is 0 Å². The number of hydrogen-bond acceptors (Lipinski definition) is 3. The van der Waals surface area contributed by atoms with Crippen LogP contribution in [0.1, 0.15) is 26.2 Å². The molecule has 2 rings (SSSR count). The van der Waals surface area contributed by atoms with Gasteiger partial charge in [0.2, 0.25) is 0 Å². The molecule has 2 N–H and O–H groups in total. The maximum Gasteiger partial charge on any atom is 0.307 e. The van der Waals surface area contributed by atoms with Crippen molar-refractivity contribution in [2.45, 2.75) is 32.2 Å². The van der Waals surface area contributed by atoms with Crippen LogP contribution in [0.5, 0.6) is 0 Å². The Balaban J connectivity index is 2.05. The lowest BCUT2D eigenvalue weighted by atomic mass is 9.92. The van der Waals surface area contributed by atoms with E-state index in [-0.39, 0.29) is 18.5 Å². The van der Waals surface area contributed by atoms with Gasteiger partial charge in [0.1, 0.15) is 0 Å². The summed E-state index contributed by atoms with van der Waals surface area (Å²) in [4.78, 5) is 11.0. The first-order chi connectivity index (χ1) is 7.88. The molecule has 0 aromatic carbocycles. The van der Waals surface area contributed by atoms with E-state index in [4.69, 9.17) is 5.11 Å². The molecule has 0 spiro atoms. The number of hydrogen-bond donors (Lipinski definition) is 2. The summed E-state index contributed by atoms with van der Waals surface area (Å²) in [6, 6.07) is 0.0560. The number of aliphatic carboxylic acids is 1. The number of carbonyl (C=O) groups is 1. The Morgan fingerprint density at radius 3 is 2.53 bits per heavy atom. The minimum absolute atomic E-state index is 0.0560. The molecule has 2 fully saturated rings. The monoisotopic (exact) mass is 262 g/mol. The van der Waals surface area contributed by atoms with Crippen molar-refractivity contribution in [1.29, 1.82) is 0 Å². The molecule has 6 nitrogen and oxygen atoms in total. The van der Waals surface area contributed by atoms with Crippen LogP contribution in [0.4, 0.5) is 0 Å². The van der Waals surface area contributed by atoms with Gasteiger partial charge in [-0.2, -0.15) is 17.4 Å². The van der Waals surface area contributed by atoms with Crippen LogP contribution < -0.4 is 4.72 Å². The highest BCUT2D eigenvalue weighted by molar-refractivity contribution is 7.87. The zero-order chi connectivity index (χ0) is 12.6. The van der Waals surface area contributed by atoms with Crippen LogP contribution in [0.3, 0.4) is 0 Å². The lowest BCUT2D eigenvalue weighted by Gasteiger charge is -2.33. The molecule has 1 saturated carbocycles. The first kappa shape index (κ1) is 12.8. The topological polar surface area (TPSA) is 86.7 Å². The normalized spacial score (nSPS) is 31.4. The van der Waals surface area contributed by atoms with E-state index in [1.165, 1.54) is 4.31 Å². The van der Waals surface area contributed by atoms with Gasteiger partial charge in [0.25, 0.3) is 10.2 Å². The molecule has 0 aromatic heterocycles. The largest absolute Gasteiger partial charge is 0.481 e. The molecule has 7 heteroatoms. The molecule has 0 amide bonds. The van der Waals surface area contributed by atoms with Gasteiger partial charge in [-0.25, -0.2) is 0 Å². The summed E-state index contributed by atoms with van der Waals surface area (Å²) < 4.78 is 27.8. The van der Waals surface area contributed by atoms with Crippen molar-refractivity contribution >= 4 is 16.2 Å². The molecule has 0 radical (unpaired) electrons. The fourth-order valence-electron chi connectivity index (χ4n) is 2.16. The van der Waals surface area contributed by atoms with Crippen LogP contribution in [-0.4, -0.2) is 42.9 Å². The fourth-order valence-corrected chi connectivity index (χ4v) is 3.80. The lowest BCUT2D eigenvalue weighted by molar-refractivity contribution is -0.143. The van der Waals surface area contributed by atoms with Crippen molar-refractivity contribution in [2.24, 2.45) is 11.8 Å². The van der Waals surface area contributed by atoms with Gasteiger partial charge in [-0.3, -0.25) is 4.79 Å². The maximum absolute atomic E-state index is 12.0. The van der Waals surface area contributed by atoms with E-state index >= 15 is 0 Å². The SMILES string of the molecule is CC1CC(C(=O)O)CN(S(=O)(=O)NC2CC2)C1. The zero-order valence-electron chi connectivity index (χ0n) is 9.80. The fraction of sp³-hybridized carbons (Fsp3) is 0.900. The third-order valence-electron chi connectivity index (χ3n) is 3.21. The number of nitrogens with zero attached hydrogens (tertiary/aromatic N) is 1. The third-order valence-corrected chi connectivity index (χ3v) is 4.82. The first-order valence-corrected chi connectivity index (χ1v) is 7.32. The van der Waals surface area contributed by atoms with E-state index in [0.717, 1.165) is 12.8 Å². The Bertz CT molecular complexity index is 405. The molecule has 2 unspecified atom stereocenters. The second-order valence-corrected chi connectivity index (χ2v) is 6.79. The van der Waals surface area contributed by atoms with Gasteiger partial charge >= 0.3 is 5.97 Å². The number of rotatable bonds is 4. The molecule has 98 valence electrons. The smallest absolute Gasteiger partial charge is 0.307 e. The molecule has 1 aliphatic carbocycles. The zero-order valence-corrected chi connectivity index (χ0v) is 10.6. The molecule has 2 aliphatic rings. The first-order valence-electron chi connectivity index (χ1n) is 5.88. The minimum Gasteiger partial charge on any atom is -0.481 e. The van der Waals surface area contributed by atoms with E-state index in [1.54, 1.807) is 0 Å². The van der Waals surface area contributed by atoms with Crippen LogP contribution in [0, 0.1) is 11.8 Å². The number of nitrogens with one attached hydrogen (secondary N) is 1.